The summed E-state index contributed by atoms with van der Waals surface area (Å²) in [6.07, 6.45) is 10.1. The number of H-pyrrole nitrogens is 1. The molecule has 11 heteroatoms. The molecule has 0 bridgehead atoms. The van der Waals surface area contributed by atoms with Gasteiger partial charge in [-0.25, -0.2) is 19.6 Å². The van der Waals surface area contributed by atoms with Crippen molar-refractivity contribution in [3.8, 4) is 11.8 Å². The molecule has 2 aromatic carbocycles. The number of nitrogens with zero attached hydrogens (tertiary/aromatic N) is 3. The summed E-state index contributed by atoms with van der Waals surface area (Å²) in [5.74, 6) is 8.89. The molecule has 2 aromatic heterocycles. The van der Waals surface area contributed by atoms with Crippen molar-refractivity contribution in [3.63, 3.8) is 0 Å². The number of ether oxygens (including phenoxy) is 2. The summed E-state index contributed by atoms with van der Waals surface area (Å²) in [5, 5.41) is 9.65. The third-order valence-corrected chi connectivity index (χ3v) is 8.61. The molecule has 0 saturated heterocycles. The van der Waals surface area contributed by atoms with Crippen molar-refractivity contribution in [1.29, 1.82) is 0 Å². The van der Waals surface area contributed by atoms with Crippen LogP contribution in [0.2, 0.25) is 0 Å². The Bertz CT molecular complexity index is 1900. The maximum atomic E-state index is 12.3. The minimum absolute atomic E-state index is 0.0159. The van der Waals surface area contributed by atoms with Crippen LogP contribution in [-0.2, 0) is 9.47 Å². The standard InChI is InChI=1S/C44H61N7O4/c1-9-21-32(22-10-2)38-48-36-34-24-18-19-25-35(34)47-39(37(36)49-38)46-33-28-26-31(27-29-33)23-17-15-13-11-12-14-16-20-30-45-40(50-41(52)54-43(3,4)5)51-42(53)55-44(6,7)8/h18-19,24-29,32H,9-16,20-22,30H2,1-8H3,(H,46,47)(H,48,49)(H2,45,50,51,52,53). The van der Waals surface area contributed by atoms with Crippen molar-refractivity contribution in [2.24, 2.45) is 4.99 Å². The number of anilines is 2. The number of benzene rings is 2. The lowest BCUT2D eigenvalue weighted by molar-refractivity contribution is 0.0545. The number of amides is 2. The third kappa shape index (κ3) is 14.6. The number of hydrogen-bond acceptors (Lipinski definition) is 8. The van der Waals surface area contributed by atoms with Crippen LogP contribution in [-0.4, -0.2) is 50.8 Å². The molecule has 0 saturated carbocycles. The van der Waals surface area contributed by atoms with Crippen LogP contribution in [0.15, 0.2) is 53.5 Å². The lowest BCUT2D eigenvalue weighted by atomic mass is 9.98. The number of guanidine groups is 1. The summed E-state index contributed by atoms with van der Waals surface area (Å²) in [6.45, 7) is 15.5. The molecule has 296 valence electrons. The number of carbonyl (C=O) groups is 2. The van der Waals surface area contributed by atoms with E-state index in [2.05, 4.69) is 69.8 Å². The van der Waals surface area contributed by atoms with Gasteiger partial charge >= 0.3 is 12.2 Å². The van der Waals surface area contributed by atoms with Crippen LogP contribution >= 0.6 is 0 Å². The van der Waals surface area contributed by atoms with Crippen LogP contribution in [0.25, 0.3) is 21.9 Å². The van der Waals surface area contributed by atoms with E-state index in [1.54, 1.807) is 41.5 Å². The quantitative estimate of drug-likeness (QED) is 0.0410. The van der Waals surface area contributed by atoms with Gasteiger partial charge in [-0.05, 0) is 97.6 Å². The van der Waals surface area contributed by atoms with Gasteiger partial charge in [-0.3, -0.25) is 15.6 Å². The summed E-state index contributed by atoms with van der Waals surface area (Å²) in [5.41, 5.74) is 3.39. The predicted octanol–water partition coefficient (Wildman–Crippen LogP) is 11.0. The summed E-state index contributed by atoms with van der Waals surface area (Å²) < 4.78 is 10.6. The highest BCUT2D eigenvalue weighted by Gasteiger charge is 2.22. The molecular formula is C44H61N7O4. The molecule has 0 spiro atoms. The average Bonchev–Trinajstić information content (AvgIpc) is 3.56. The van der Waals surface area contributed by atoms with Crippen molar-refractivity contribution in [2.45, 2.75) is 143 Å². The number of carbonyl (C=O) groups excluding carboxylic acids is 2. The summed E-state index contributed by atoms with van der Waals surface area (Å²) in [4.78, 5) is 42.7. The number of imidazole rings is 1. The van der Waals surface area contributed by atoms with Crippen molar-refractivity contribution in [3.05, 3.63) is 59.9 Å². The molecule has 0 aliphatic rings. The van der Waals surface area contributed by atoms with E-state index >= 15 is 0 Å². The van der Waals surface area contributed by atoms with Crippen molar-refractivity contribution >= 4 is 51.6 Å². The fourth-order valence-electron chi connectivity index (χ4n) is 6.18. The Balaban J connectivity index is 1.22. The molecule has 4 aromatic rings. The van der Waals surface area contributed by atoms with Crippen LogP contribution in [0, 0.1) is 11.8 Å². The molecule has 0 radical (unpaired) electrons. The first kappa shape index (κ1) is 42.6. The number of rotatable bonds is 15. The molecule has 0 aliphatic heterocycles. The smallest absolute Gasteiger partial charge is 0.414 e. The second kappa shape index (κ2) is 20.5. The molecular weight excluding hydrogens is 691 g/mol. The molecule has 4 N–H and O–H groups in total. The lowest BCUT2D eigenvalue weighted by Gasteiger charge is -2.22. The van der Waals surface area contributed by atoms with Crippen LogP contribution < -0.4 is 16.0 Å². The molecule has 2 amide bonds. The van der Waals surface area contributed by atoms with Gasteiger partial charge in [-0.2, -0.15) is 0 Å². The van der Waals surface area contributed by atoms with Gasteiger partial charge in [-0.1, -0.05) is 82.4 Å². The number of aliphatic imine (C=N–C) groups is 1. The molecule has 0 aliphatic carbocycles. The van der Waals surface area contributed by atoms with E-state index in [0.29, 0.717) is 12.5 Å². The molecule has 11 nitrogen and oxygen atoms in total. The number of aromatic amines is 1. The Kier molecular flexibility index (Phi) is 15.9. The van der Waals surface area contributed by atoms with E-state index in [-0.39, 0.29) is 5.96 Å². The SMILES string of the molecule is CCCC(CCC)c1nc2c([nH]1)c(Nc1ccc(C#CCCCCCCCCN=C(NC(=O)OC(C)(C)C)NC(=O)OC(C)(C)C)cc1)nc1ccccc12. The molecule has 0 fully saturated rings. The molecule has 55 heavy (non-hydrogen) atoms. The second-order valence-electron chi connectivity index (χ2n) is 16.0. The normalized spacial score (nSPS) is 11.6. The first-order valence-corrected chi connectivity index (χ1v) is 19.9. The highest BCUT2D eigenvalue weighted by molar-refractivity contribution is 6.07. The summed E-state index contributed by atoms with van der Waals surface area (Å²) in [6, 6.07) is 16.4. The fourth-order valence-corrected chi connectivity index (χ4v) is 6.18. The minimum Gasteiger partial charge on any atom is -0.444 e. The number of alkyl carbamates (subject to hydrolysis) is 2. The highest BCUT2D eigenvalue weighted by atomic mass is 16.6. The first-order chi connectivity index (χ1) is 26.2. The van der Waals surface area contributed by atoms with Gasteiger partial charge in [0.1, 0.15) is 28.1 Å². The van der Waals surface area contributed by atoms with Crippen molar-refractivity contribution in [1.82, 2.24) is 25.6 Å². The fraction of sp³-hybridized carbons (Fsp3) is 0.523. The molecule has 0 unspecified atom stereocenters. The Morgan fingerprint density at radius 1 is 0.800 bits per heavy atom. The van der Waals surface area contributed by atoms with Crippen LogP contribution in [0.5, 0.6) is 0 Å². The third-order valence-electron chi connectivity index (χ3n) is 8.61. The Morgan fingerprint density at radius 2 is 1.40 bits per heavy atom. The zero-order valence-electron chi connectivity index (χ0n) is 34.2. The summed E-state index contributed by atoms with van der Waals surface area (Å²) >= 11 is 0. The first-order valence-electron chi connectivity index (χ1n) is 19.9. The van der Waals surface area contributed by atoms with E-state index in [9.17, 15) is 9.59 Å². The number of nitrogens with one attached hydrogen (secondary N) is 4. The van der Waals surface area contributed by atoms with Crippen molar-refractivity contribution < 1.29 is 19.1 Å². The zero-order valence-corrected chi connectivity index (χ0v) is 34.2. The number of unbranched alkanes of at least 4 members (excludes halogenated alkanes) is 6. The number of hydrogen-bond donors (Lipinski definition) is 4. The van der Waals surface area contributed by atoms with Gasteiger partial charge in [0.2, 0.25) is 5.96 Å². The average molecular weight is 752 g/mol. The number of fused-ring (bicyclic) bond motifs is 3. The maximum Gasteiger partial charge on any atom is 0.414 e. The van der Waals surface area contributed by atoms with Crippen LogP contribution in [0.4, 0.5) is 21.1 Å². The molecule has 0 atom stereocenters. The topological polar surface area (TPSA) is 143 Å². The van der Waals surface area contributed by atoms with Gasteiger partial charge in [0.05, 0.1) is 5.52 Å². The monoisotopic (exact) mass is 751 g/mol. The van der Waals surface area contributed by atoms with Gasteiger partial charge in [0, 0.05) is 35.5 Å². The summed E-state index contributed by atoms with van der Waals surface area (Å²) in [7, 11) is 0. The number of aromatic nitrogens is 3. The largest absolute Gasteiger partial charge is 0.444 e. The number of pyridine rings is 1. The van der Waals surface area contributed by atoms with E-state index in [1.807, 2.05) is 30.3 Å². The zero-order chi connectivity index (χ0) is 39.8. The molecule has 2 heterocycles. The Morgan fingerprint density at radius 3 is 2.02 bits per heavy atom. The van der Waals surface area contributed by atoms with Crippen LogP contribution in [0.3, 0.4) is 0 Å². The van der Waals surface area contributed by atoms with Crippen LogP contribution in [0.1, 0.15) is 143 Å². The van der Waals surface area contributed by atoms with Gasteiger partial charge in [-0.15, -0.1) is 0 Å². The minimum atomic E-state index is -0.693. The van der Waals surface area contributed by atoms with E-state index in [4.69, 9.17) is 19.4 Å². The number of para-hydroxylation sites is 1. The van der Waals surface area contributed by atoms with Gasteiger partial charge in [0.25, 0.3) is 0 Å². The predicted molar refractivity (Wildman–Crippen MR) is 224 cm³/mol. The van der Waals surface area contributed by atoms with E-state index < -0.39 is 23.4 Å². The van der Waals surface area contributed by atoms with E-state index in [1.165, 1.54) is 0 Å². The Labute approximate surface area is 327 Å². The van der Waals surface area contributed by atoms with Crippen molar-refractivity contribution in [2.75, 3.05) is 11.9 Å². The highest BCUT2D eigenvalue weighted by Crippen LogP contribution is 2.33. The van der Waals surface area contributed by atoms with Gasteiger partial charge < -0.3 is 19.8 Å². The lowest BCUT2D eigenvalue weighted by Crippen LogP contribution is -2.47. The maximum absolute atomic E-state index is 12.3. The Hall–Kier alpha value is -5.11. The van der Waals surface area contributed by atoms with E-state index in [0.717, 1.165) is 115 Å². The molecule has 4 rings (SSSR count). The van der Waals surface area contributed by atoms with Gasteiger partial charge in [0.15, 0.2) is 5.82 Å². The second-order valence-corrected chi connectivity index (χ2v) is 16.0.